The highest BCUT2D eigenvalue weighted by molar-refractivity contribution is 7.09. The normalized spacial score (nSPS) is 10.0. The van der Waals surface area contributed by atoms with Crippen LogP contribution >= 0.6 is 11.3 Å². The van der Waals surface area contributed by atoms with Crippen molar-refractivity contribution in [2.24, 2.45) is 5.73 Å². The first-order valence-electron chi connectivity index (χ1n) is 3.35. The Balaban J connectivity index is 2.57. The summed E-state index contributed by atoms with van der Waals surface area (Å²) in [6.07, 6.45) is 0.384. The van der Waals surface area contributed by atoms with Gasteiger partial charge in [-0.2, -0.15) is 0 Å². The molecule has 0 saturated carbocycles. The van der Waals surface area contributed by atoms with Crippen molar-refractivity contribution in [2.45, 2.75) is 13.3 Å². The van der Waals surface area contributed by atoms with E-state index >= 15 is 0 Å². The predicted molar refractivity (Wildman–Crippen MR) is 44.6 cm³/mol. The van der Waals surface area contributed by atoms with Gasteiger partial charge in [0.05, 0.1) is 13.0 Å². The summed E-state index contributed by atoms with van der Waals surface area (Å²) in [7, 11) is 0. The highest BCUT2D eigenvalue weighted by atomic mass is 32.1. The van der Waals surface area contributed by atoms with Gasteiger partial charge in [0, 0.05) is 11.1 Å². The molecule has 1 aromatic rings. The lowest BCUT2D eigenvalue weighted by Gasteiger charge is -1.90. The van der Waals surface area contributed by atoms with Gasteiger partial charge in [-0.3, -0.25) is 4.79 Å². The first-order chi connectivity index (χ1) is 5.22. The fourth-order valence-electron chi connectivity index (χ4n) is 0.725. The molecule has 0 fully saturated rings. The van der Waals surface area contributed by atoms with E-state index in [-0.39, 0.29) is 12.3 Å². The monoisotopic (exact) mass is 170 g/mol. The van der Waals surface area contributed by atoms with Gasteiger partial charge in [-0.05, 0) is 6.92 Å². The Kier molecular flexibility index (Phi) is 2.73. The van der Waals surface area contributed by atoms with E-state index in [1.165, 1.54) is 11.3 Å². The van der Waals surface area contributed by atoms with E-state index in [4.69, 9.17) is 5.73 Å². The molecule has 3 nitrogen and oxygen atoms in total. The molecule has 0 radical (unpaired) electrons. The third-order valence-corrected chi connectivity index (χ3v) is 2.21. The van der Waals surface area contributed by atoms with Crippen LogP contribution in [-0.2, 0) is 11.2 Å². The van der Waals surface area contributed by atoms with Crippen LogP contribution in [0, 0.1) is 6.92 Å². The number of aromatic nitrogens is 1. The summed E-state index contributed by atoms with van der Waals surface area (Å²) in [6.45, 7) is 2.02. The highest BCUT2D eigenvalue weighted by Crippen LogP contribution is 2.08. The number of hydrogen-bond donors (Lipinski definition) is 1. The SMILES string of the molecule is Cc1csc(CC(=O)CN)n1. The maximum atomic E-state index is 10.8. The molecule has 1 rings (SSSR count). The Morgan fingerprint density at radius 2 is 2.55 bits per heavy atom. The average Bonchev–Trinajstić information content (AvgIpc) is 2.35. The molecular formula is C7H10N2OS. The fourth-order valence-corrected chi connectivity index (χ4v) is 1.53. The van der Waals surface area contributed by atoms with E-state index in [1.54, 1.807) is 0 Å². The zero-order valence-electron chi connectivity index (χ0n) is 6.33. The molecule has 0 atom stereocenters. The van der Waals surface area contributed by atoms with Gasteiger partial charge in [0.15, 0.2) is 5.78 Å². The van der Waals surface area contributed by atoms with Crippen LogP contribution in [0.2, 0.25) is 0 Å². The summed E-state index contributed by atoms with van der Waals surface area (Å²) in [6, 6.07) is 0. The number of carbonyl (C=O) groups excluding carboxylic acids is 1. The van der Waals surface area contributed by atoms with Crippen molar-refractivity contribution in [3.8, 4) is 0 Å². The van der Waals surface area contributed by atoms with Crippen molar-refractivity contribution in [2.75, 3.05) is 6.54 Å². The molecule has 0 aliphatic rings. The number of aryl methyl sites for hydroxylation is 1. The largest absolute Gasteiger partial charge is 0.324 e. The van der Waals surface area contributed by atoms with Gasteiger partial charge in [0.1, 0.15) is 5.01 Å². The third-order valence-electron chi connectivity index (χ3n) is 1.24. The maximum Gasteiger partial charge on any atom is 0.153 e. The third kappa shape index (κ3) is 2.40. The quantitative estimate of drug-likeness (QED) is 0.719. The van der Waals surface area contributed by atoms with Gasteiger partial charge in [0.25, 0.3) is 0 Å². The minimum atomic E-state index is 0.0411. The Morgan fingerprint density at radius 1 is 1.82 bits per heavy atom. The van der Waals surface area contributed by atoms with E-state index in [0.717, 1.165) is 10.7 Å². The fraction of sp³-hybridized carbons (Fsp3) is 0.429. The Morgan fingerprint density at radius 3 is 3.00 bits per heavy atom. The van der Waals surface area contributed by atoms with Gasteiger partial charge in [-0.15, -0.1) is 11.3 Å². The molecule has 60 valence electrons. The average molecular weight is 170 g/mol. The van der Waals surface area contributed by atoms with Gasteiger partial charge < -0.3 is 5.73 Å². The van der Waals surface area contributed by atoms with Crippen molar-refractivity contribution in [3.05, 3.63) is 16.1 Å². The first-order valence-corrected chi connectivity index (χ1v) is 4.23. The molecule has 1 heterocycles. The second-order valence-electron chi connectivity index (χ2n) is 2.30. The molecule has 0 aliphatic carbocycles. The summed E-state index contributed by atoms with van der Waals surface area (Å²) in [4.78, 5) is 15.0. The minimum Gasteiger partial charge on any atom is -0.324 e. The van der Waals surface area contributed by atoms with Crippen LogP contribution in [0.3, 0.4) is 0 Å². The van der Waals surface area contributed by atoms with Crippen molar-refractivity contribution < 1.29 is 4.79 Å². The molecule has 0 aliphatic heterocycles. The molecule has 0 aromatic carbocycles. The Hall–Kier alpha value is -0.740. The van der Waals surface area contributed by atoms with Crippen LogP contribution in [0.15, 0.2) is 5.38 Å². The van der Waals surface area contributed by atoms with Crippen molar-refractivity contribution >= 4 is 17.1 Å². The van der Waals surface area contributed by atoms with Crippen LogP contribution in [0.25, 0.3) is 0 Å². The van der Waals surface area contributed by atoms with E-state index in [2.05, 4.69) is 4.98 Å². The van der Waals surface area contributed by atoms with Crippen molar-refractivity contribution in [1.29, 1.82) is 0 Å². The number of Topliss-reactive ketones (excluding diaryl/α,β-unsaturated/α-hetero) is 1. The van der Waals surface area contributed by atoms with E-state index in [0.29, 0.717) is 6.42 Å². The molecule has 4 heteroatoms. The summed E-state index contributed by atoms with van der Waals surface area (Å²) < 4.78 is 0. The lowest BCUT2D eigenvalue weighted by Crippen LogP contribution is -2.15. The minimum absolute atomic E-state index is 0.0411. The summed E-state index contributed by atoms with van der Waals surface area (Å²) in [5.74, 6) is 0.0411. The molecule has 0 spiro atoms. The van der Waals surface area contributed by atoms with Crippen molar-refractivity contribution in [3.63, 3.8) is 0 Å². The van der Waals surface area contributed by atoms with Crippen LogP contribution in [0.1, 0.15) is 10.7 Å². The maximum absolute atomic E-state index is 10.8. The molecule has 11 heavy (non-hydrogen) atoms. The predicted octanol–water partition coefficient (Wildman–Crippen LogP) is 0.522. The van der Waals surface area contributed by atoms with Gasteiger partial charge >= 0.3 is 0 Å². The number of nitrogens with zero attached hydrogens (tertiary/aromatic N) is 1. The summed E-state index contributed by atoms with van der Waals surface area (Å²) >= 11 is 1.51. The number of nitrogens with two attached hydrogens (primary N) is 1. The van der Waals surface area contributed by atoms with E-state index < -0.39 is 0 Å². The Labute approximate surface area is 69.3 Å². The van der Waals surface area contributed by atoms with Crippen LogP contribution in [0.5, 0.6) is 0 Å². The molecule has 0 saturated heterocycles. The topological polar surface area (TPSA) is 56.0 Å². The van der Waals surface area contributed by atoms with E-state index in [1.807, 2.05) is 12.3 Å². The number of ketones is 1. The number of rotatable bonds is 3. The lowest BCUT2D eigenvalue weighted by molar-refractivity contribution is -0.117. The van der Waals surface area contributed by atoms with Crippen LogP contribution < -0.4 is 5.73 Å². The van der Waals surface area contributed by atoms with Gasteiger partial charge in [-0.25, -0.2) is 4.98 Å². The molecule has 0 amide bonds. The molecular weight excluding hydrogens is 160 g/mol. The zero-order chi connectivity index (χ0) is 8.27. The zero-order valence-corrected chi connectivity index (χ0v) is 7.15. The number of hydrogen-bond acceptors (Lipinski definition) is 4. The van der Waals surface area contributed by atoms with Gasteiger partial charge in [0.2, 0.25) is 0 Å². The molecule has 0 bridgehead atoms. The second-order valence-corrected chi connectivity index (χ2v) is 3.24. The van der Waals surface area contributed by atoms with Crippen LogP contribution in [-0.4, -0.2) is 17.3 Å². The smallest absolute Gasteiger partial charge is 0.153 e. The summed E-state index contributed by atoms with van der Waals surface area (Å²) in [5, 5.41) is 2.79. The van der Waals surface area contributed by atoms with Crippen molar-refractivity contribution in [1.82, 2.24) is 4.98 Å². The van der Waals surface area contributed by atoms with E-state index in [9.17, 15) is 4.79 Å². The molecule has 0 unspecified atom stereocenters. The lowest BCUT2D eigenvalue weighted by atomic mass is 10.3. The number of thiazole rings is 1. The second kappa shape index (κ2) is 3.59. The Bertz CT molecular complexity index is 257. The standard InChI is InChI=1S/C7H10N2OS/c1-5-4-11-7(9-5)2-6(10)3-8/h4H,2-3,8H2,1H3. The first kappa shape index (κ1) is 8.36. The number of carbonyl (C=O) groups is 1. The summed E-state index contributed by atoms with van der Waals surface area (Å²) in [5.41, 5.74) is 6.12. The van der Waals surface area contributed by atoms with Crippen LogP contribution in [0.4, 0.5) is 0 Å². The van der Waals surface area contributed by atoms with Gasteiger partial charge in [-0.1, -0.05) is 0 Å². The molecule has 2 N–H and O–H groups in total. The highest BCUT2D eigenvalue weighted by Gasteiger charge is 2.03. The molecule has 1 aromatic heterocycles.